The van der Waals surface area contributed by atoms with Crippen LogP contribution in [0.3, 0.4) is 0 Å². The smallest absolute Gasteiger partial charge is 0.266 e. The minimum atomic E-state index is -0.669. The van der Waals surface area contributed by atoms with Crippen LogP contribution in [-0.4, -0.2) is 5.91 Å². The molecule has 116 valence electrons. The van der Waals surface area contributed by atoms with Gasteiger partial charge in [0.05, 0.1) is 5.02 Å². The number of amides is 1. The Morgan fingerprint density at radius 2 is 1.87 bits per heavy atom. The molecule has 1 N–H and O–H groups in total. The molecule has 0 aliphatic carbocycles. The van der Waals surface area contributed by atoms with Crippen LogP contribution in [0.15, 0.2) is 42.0 Å². The van der Waals surface area contributed by atoms with Crippen molar-refractivity contribution in [1.29, 1.82) is 5.26 Å². The van der Waals surface area contributed by atoms with Gasteiger partial charge in [0.2, 0.25) is 0 Å². The van der Waals surface area contributed by atoms with Crippen molar-refractivity contribution >= 4 is 40.9 Å². The van der Waals surface area contributed by atoms with E-state index in [-0.39, 0.29) is 16.2 Å². The highest BCUT2D eigenvalue weighted by Gasteiger charge is 2.14. The van der Waals surface area contributed by atoms with Crippen molar-refractivity contribution in [2.24, 2.45) is 0 Å². The van der Waals surface area contributed by atoms with Gasteiger partial charge in [-0.05, 0) is 42.8 Å². The number of nitrogens with zero attached hydrogens (tertiary/aromatic N) is 1. The molecule has 0 fully saturated rings. The second kappa shape index (κ2) is 7.28. The van der Waals surface area contributed by atoms with E-state index in [9.17, 15) is 14.4 Å². The zero-order chi connectivity index (χ0) is 17.0. The lowest BCUT2D eigenvalue weighted by Gasteiger charge is -2.09. The molecule has 23 heavy (non-hydrogen) atoms. The molecule has 0 saturated heterocycles. The van der Waals surface area contributed by atoms with Gasteiger partial charge >= 0.3 is 0 Å². The fourth-order valence-electron chi connectivity index (χ4n) is 1.87. The molecule has 0 saturated carbocycles. The number of rotatable bonds is 3. The summed E-state index contributed by atoms with van der Waals surface area (Å²) in [6.45, 7) is 1.74. The topological polar surface area (TPSA) is 52.9 Å². The lowest BCUT2D eigenvalue weighted by Crippen LogP contribution is -2.14. The molecule has 1 amide bonds. The van der Waals surface area contributed by atoms with Crippen molar-refractivity contribution in [3.05, 3.63) is 69.0 Å². The second-order valence-electron chi connectivity index (χ2n) is 4.67. The monoisotopic (exact) mass is 348 g/mol. The summed E-state index contributed by atoms with van der Waals surface area (Å²) in [6, 6.07) is 10.9. The molecule has 0 aliphatic rings. The Balaban J connectivity index is 2.35. The van der Waals surface area contributed by atoms with Crippen molar-refractivity contribution in [2.75, 3.05) is 5.32 Å². The molecule has 3 nitrogen and oxygen atoms in total. The SMILES string of the molecule is Cc1c(Cl)cccc1NC(=O)/C(C#N)=C\c1c(F)cccc1Cl. The molecular weight excluding hydrogens is 338 g/mol. The van der Waals surface area contributed by atoms with Gasteiger partial charge in [-0.2, -0.15) is 5.26 Å². The first-order valence-electron chi connectivity index (χ1n) is 6.56. The molecule has 2 rings (SSSR count). The number of carbonyl (C=O) groups is 1. The van der Waals surface area contributed by atoms with Gasteiger partial charge in [-0.25, -0.2) is 4.39 Å². The highest BCUT2D eigenvalue weighted by Crippen LogP contribution is 2.25. The van der Waals surface area contributed by atoms with Gasteiger partial charge < -0.3 is 5.32 Å². The highest BCUT2D eigenvalue weighted by atomic mass is 35.5. The van der Waals surface area contributed by atoms with Crippen molar-refractivity contribution in [3.8, 4) is 6.07 Å². The van der Waals surface area contributed by atoms with E-state index in [1.165, 1.54) is 18.2 Å². The molecule has 0 radical (unpaired) electrons. The number of nitrogens with one attached hydrogen (secondary N) is 1. The average molecular weight is 349 g/mol. The van der Waals surface area contributed by atoms with Crippen LogP contribution in [0, 0.1) is 24.1 Å². The van der Waals surface area contributed by atoms with Crippen LogP contribution >= 0.6 is 23.2 Å². The fraction of sp³-hybridized carbons (Fsp3) is 0.0588. The average Bonchev–Trinajstić information content (AvgIpc) is 2.51. The Morgan fingerprint density at radius 1 is 1.22 bits per heavy atom. The Hall–Kier alpha value is -2.35. The largest absolute Gasteiger partial charge is 0.321 e. The molecule has 2 aromatic rings. The maximum absolute atomic E-state index is 13.8. The summed E-state index contributed by atoms with van der Waals surface area (Å²) in [7, 11) is 0. The molecule has 0 aliphatic heterocycles. The zero-order valence-corrected chi connectivity index (χ0v) is 13.5. The number of hydrogen-bond donors (Lipinski definition) is 1. The highest BCUT2D eigenvalue weighted by molar-refractivity contribution is 6.32. The Morgan fingerprint density at radius 3 is 2.52 bits per heavy atom. The van der Waals surface area contributed by atoms with Crippen LogP contribution in [0.5, 0.6) is 0 Å². The van der Waals surface area contributed by atoms with Crippen molar-refractivity contribution in [3.63, 3.8) is 0 Å². The summed E-state index contributed by atoms with van der Waals surface area (Å²) in [5.41, 5.74) is 0.868. The zero-order valence-electron chi connectivity index (χ0n) is 12.0. The van der Waals surface area contributed by atoms with E-state index in [0.29, 0.717) is 16.3 Å². The Bertz CT molecular complexity index is 821. The lowest BCUT2D eigenvalue weighted by molar-refractivity contribution is -0.112. The third-order valence-corrected chi connectivity index (χ3v) is 3.91. The first kappa shape index (κ1) is 17.0. The molecule has 0 bridgehead atoms. The number of anilines is 1. The van der Waals surface area contributed by atoms with E-state index in [1.54, 1.807) is 31.2 Å². The summed E-state index contributed by atoms with van der Waals surface area (Å²) < 4.78 is 13.8. The second-order valence-corrected chi connectivity index (χ2v) is 5.49. The summed E-state index contributed by atoms with van der Waals surface area (Å²) in [6.07, 6.45) is 1.12. The Labute approximate surface area is 142 Å². The van der Waals surface area contributed by atoms with Gasteiger partial charge in [-0.15, -0.1) is 0 Å². The van der Waals surface area contributed by atoms with Crippen molar-refractivity contribution in [1.82, 2.24) is 0 Å². The van der Waals surface area contributed by atoms with Gasteiger partial charge in [0.1, 0.15) is 17.5 Å². The summed E-state index contributed by atoms with van der Waals surface area (Å²) >= 11 is 11.9. The molecule has 0 spiro atoms. The van der Waals surface area contributed by atoms with Crippen LogP contribution in [0.1, 0.15) is 11.1 Å². The predicted molar refractivity (Wildman–Crippen MR) is 89.8 cm³/mol. The molecule has 0 unspecified atom stereocenters. The molecular formula is C17H11Cl2FN2O. The lowest BCUT2D eigenvalue weighted by atomic mass is 10.1. The van der Waals surface area contributed by atoms with E-state index in [1.807, 2.05) is 0 Å². The summed E-state index contributed by atoms with van der Waals surface area (Å²) in [5.74, 6) is -1.28. The van der Waals surface area contributed by atoms with E-state index < -0.39 is 11.7 Å². The predicted octanol–water partition coefficient (Wildman–Crippen LogP) is 4.99. The van der Waals surface area contributed by atoms with Crippen molar-refractivity contribution in [2.45, 2.75) is 6.92 Å². The number of hydrogen-bond acceptors (Lipinski definition) is 2. The quantitative estimate of drug-likeness (QED) is 0.627. The van der Waals surface area contributed by atoms with Crippen LogP contribution in [-0.2, 0) is 4.79 Å². The van der Waals surface area contributed by atoms with Crippen LogP contribution in [0.4, 0.5) is 10.1 Å². The normalized spacial score (nSPS) is 11.0. The fourth-order valence-corrected chi connectivity index (χ4v) is 2.27. The Kier molecular flexibility index (Phi) is 5.38. The standard InChI is InChI=1S/C17H11Cl2FN2O/c1-10-13(18)4-3-7-16(10)22-17(23)11(9-21)8-12-14(19)5-2-6-15(12)20/h2-8H,1H3,(H,22,23)/b11-8-. The van der Waals surface area contributed by atoms with Crippen LogP contribution in [0.2, 0.25) is 10.0 Å². The first-order chi connectivity index (χ1) is 10.9. The van der Waals surface area contributed by atoms with Crippen molar-refractivity contribution < 1.29 is 9.18 Å². The van der Waals surface area contributed by atoms with Gasteiger partial charge in [0, 0.05) is 16.3 Å². The number of benzene rings is 2. The van der Waals surface area contributed by atoms with Crippen LogP contribution in [0.25, 0.3) is 6.08 Å². The number of halogens is 3. The number of carbonyl (C=O) groups excluding carboxylic acids is 1. The van der Waals surface area contributed by atoms with Crippen LogP contribution < -0.4 is 5.32 Å². The molecule has 0 heterocycles. The van der Waals surface area contributed by atoms with Gasteiger partial charge in [-0.3, -0.25) is 4.79 Å². The molecule has 0 aromatic heterocycles. The van der Waals surface area contributed by atoms with E-state index in [0.717, 1.165) is 6.08 Å². The van der Waals surface area contributed by atoms with E-state index in [4.69, 9.17) is 23.2 Å². The summed E-state index contributed by atoms with van der Waals surface area (Å²) in [4.78, 5) is 12.2. The van der Waals surface area contributed by atoms with Gasteiger partial charge in [0.25, 0.3) is 5.91 Å². The maximum Gasteiger partial charge on any atom is 0.266 e. The minimum absolute atomic E-state index is 0.0105. The molecule has 6 heteroatoms. The molecule has 2 aromatic carbocycles. The van der Waals surface area contributed by atoms with Gasteiger partial charge in [0.15, 0.2) is 0 Å². The maximum atomic E-state index is 13.8. The third-order valence-electron chi connectivity index (χ3n) is 3.17. The number of nitriles is 1. The van der Waals surface area contributed by atoms with E-state index in [2.05, 4.69) is 5.32 Å². The minimum Gasteiger partial charge on any atom is -0.321 e. The molecule has 0 atom stereocenters. The van der Waals surface area contributed by atoms with Gasteiger partial charge in [-0.1, -0.05) is 35.3 Å². The van der Waals surface area contributed by atoms with E-state index >= 15 is 0 Å². The first-order valence-corrected chi connectivity index (χ1v) is 7.32. The summed E-state index contributed by atoms with van der Waals surface area (Å²) in [5, 5.41) is 12.4. The third kappa shape index (κ3) is 3.89.